The molecule has 22 heteroatoms. The molecule has 70 heavy (non-hydrogen) atoms. The van der Waals surface area contributed by atoms with Crippen LogP contribution in [0.25, 0.3) is 0 Å². The third-order valence-electron chi connectivity index (χ3n) is 11.5. The van der Waals surface area contributed by atoms with Crippen LogP contribution >= 0.6 is 0 Å². The molecular weight excluding hydrogens is 1100 g/mol. The van der Waals surface area contributed by atoms with Gasteiger partial charge in [-0.25, -0.2) is 8.42 Å². The Kier molecular flexibility index (Phi) is 58.0. The van der Waals surface area contributed by atoms with E-state index in [1.165, 1.54) is 141 Å². The first-order chi connectivity index (χ1) is 33.0. The molecule has 0 saturated carbocycles. The average molecular weight is 1200 g/mol. The van der Waals surface area contributed by atoms with Crippen molar-refractivity contribution >= 4 is 64.3 Å². The molecule has 16 nitrogen and oxygen atoms in total. The molecule has 0 amide bonds. The first kappa shape index (κ1) is 75.6. The van der Waals surface area contributed by atoms with E-state index in [-0.39, 0.29) is 56.0 Å². The summed E-state index contributed by atoms with van der Waals surface area (Å²) in [6.45, 7) is 8.18. The fourth-order valence-corrected chi connectivity index (χ4v) is 18.7. The van der Waals surface area contributed by atoms with Gasteiger partial charge in [-0.05, 0) is 6.42 Å². The SMILES string of the molecule is CCCCCCCCCCCCOS(=O)(=O)[O-].CCCCCCCCCCCCOS(=O)(=O)[O][In]([O]S(=O)(=O)OCCCCCCCCCCCC)[O]S(=O)(=O)OCCCCCCCCCCCC.[Na+]. The zero-order valence-corrected chi connectivity index (χ0v) is 53.4. The van der Waals surface area contributed by atoms with E-state index >= 15 is 0 Å². The molecular formula is C48H100InNaO16S4. The summed E-state index contributed by atoms with van der Waals surface area (Å²) in [5, 5.41) is 0. The fraction of sp³-hybridized carbons (Fsp3) is 1.00. The van der Waals surface area contributed by atoms with Crippen LogP contribution in [0, 0.1) is 0 Å². The minimum Gasteiger partial charge on any atom is -0.0654 e. The third-order valence-corrected chi connectivity index (χ3v) is 24.6. The topological polar surface area (TPSA) is 224 Å². The molecule has 0 aliphatic carbocycles. The van der Waals surface area contributed by atoms with Crippen LogP contribution < -0.4 is 29.6 Å². The molecule has 0 heterocycles. The van der Waals surface area contributed by atoms with Gasteiger partial charge in [0.1, 0.15) is 0 Å². The summed E-state index contributed by atoms with van der Waals surface area (Å²) in [6, 6.07) is 0. The van der Waals surface area contributed by atoms with E-state index in [2.05, 4.69) is 31.9 Å². The Morgan fingerprint density at radius 1 is 0.271 bits per heavy atom. The molecule has 0 rings (SSSR count). The molecule has 0 aromatic heterocycles. The smallest absolute Gasteiger partial charge is 0.0654 e. The molecule has 0 atom stereocenters. The molecule has 0 spiro atoms. The Labute approximate surface area is 462 Å². The number of rotatable bonds is 54. The van der Waals surface area contributed by atoms with Gasteiger partial charge in [-0.15, -0.1) is 0 Å². The summed E-state index contributed by atoms with van der Waals surface area (Å²) in [5.74, 6) is 0. The van der Waals surface area contributed by atoms with Gasteiger partial charge in [-0.2, -0.15) is 0 Å². The molecule has 0 aromatic carbocycles. The van der Waals surface area contributed by atoms with Crippen molar-refractivity contribution in [2.24, 2.45) is 0 Å². The monoisotopic (exact) mass is 1200 g/mol. The average Bonchev–Trinajstić information content (AvgIpc) is 3.27. The summed E-state index contributed by atoms with van der Waals surface area (Å²) in [4.78, 5) is 0. The second-order valence-corrected chi connectivity index (χ2v) is 29.6. The van der Waals surface area contributed by atoms with Crippen molar-refractivity contribution in [1.29, 1.82) is 0 Å². The van der Waals surface area contributed by atoms with Crippen LogP contribution in [0.3, 0.4) is 0 Å². The van der Waals surface area contributed by atoms with Gasteiger partial charge in [-0.3, -0.25) is 4.18 Å². The molecule has 0 aliphatic rings. The minimum atomic E-state index is -5.40. The standard InChI is InChI=1S/4C12H26O4S.In.Na/c4*1-2-3-4-5-6-7-8-9-10-11-12-16-17(13,14)15;;/h4*2-12H2,1H3,(H,13,14,15);;/q;;;;+3;+1/p-4. The van der Waals surface area contributed by atoms with Crippen LogP contribution in [0.15, 0.2) is 0 Å². The minimum absolute atomic E-state index is 0. The van der Waals surface area contributed by atoms with Gasteiger partial charge >= 0.3 is 302 Å². The predicted octanol–water partition coefficient (Wildman–Crippen LogP) is 11.0. The van der Waals surface area contributed by atoms with Crippen molar-refractivity contribution in [3.05, 3.63) is 0 Å². The Hall–Kier alpha value is 1.35. The van der Waals surface area contributed by atoms with Crippen LogP contribution in [-0.4, -0.2) is 87.4 Å². The molecule has 416 valence electrons. The Morgan fingerprint density at radius 2 is 0.429 bits per heavy atom. The first-order valence-corrected chi connectivity index (χ1v) is 36.7. The van der Waals surface area contributed by atoms with Gasteiger partial charge in [-0.1, -0.05) is 124 Å². The maximum atomic E-state index is 12.6. The van der Waals surface area contributed by atoms with Crippen molar-refractivity contribution in [3.63, 3.8) is 0 Å². The summed E-state index contributed by atoms with van der Waals surface area (Å²) >= 11 is -5.40. The molecule has 0 fully saturated rings. The maximum absolute atomic E-state index is 12.6. The van der Waals surface area contributed by atoms with Gasteiger partial charge < -0.3 is 4.55 Å². The summed E-state index contributed by atoms with van der Waals surface area (Å²) in [6.07, 6.45) is 42.9. The van der Waals surface area contributed by atoms with Crippen molar-refractivity contribution in [1.82, 2.24) is 0 Å². The summed E-state index contributed by atoms with van der Waals surface area (Å²) < 4.78 is 139. The van der Waals surface area contributed by atoms with Gasteiger partial charge in [0.25, 0.3) is 0 Å². The normalized spacial score (nSPS) is 12.2. The fourth-order valence-electron chi connectivity index (χ4n) is 7.42. The zero-order chi connectivity index (χ0) is 51.6. The Bertz CT molecular complexity index is 1400. The van der Waals surface area contributed by atoms with Crippen molar-refractivity contribution in [2.45, 2.75) is 285 Å². The molecule has 0 aromatic rings. The second-order valence-electron chi connectivity index (χ2n) is 18.2. The number of hydrogen-bond donors (Lipinski definition) is 0. The Morgan fingerprint density at radius 3 is 0.600 bits per heavy atom. The Balaban J connectivity index is -0.00000210. The molecule has 0 unspecified atom stereocenters. The van der Waals surface area contributed by atoms with Crippen LogP contribution in [0.2, 0.25) is 0 Å². The van der Waals surface area contributed by atoms with Crippen molar-refractivity contribution in [2.75, 3.05) is 26.4 Å². The van der Waals surface area contributed by atoms with Crippen molar-refractivity contribution < 1.29 is 91.4 Å². The van der Waals surface area contributed by atoms with Crippen LogP contribution in [0.1, 0.15) is 285 Å². The quantitative estimate of drug-likeness (QED) is 0.0239. The van der Waals surface area contributed by atoms with E-state index < -0.39 is 64.3 Å². The van der Waals surface area contributed by atoms with E-state index in [4.69, 9.17) is 19.5 Å². The zero-order valence-electron chi connectivity index (χ0n) is 44.9. The van der Waals surface area contributed by atoms with Crippen LogP contribution in [-0.2, 0) is 65.2 Å². The van der Waals surface area contributed by atoms with Gasteiger partial charge in [0, 0.05) is 0 Å². The second kappa shape index (κ2) is 53.7. The summed E-state index contributed by atoms with van der Waals surface area (Å²) in [7, 11) is -19.0. The van der Waals surface area contributed by atoms with E-state index in [1.54, 1.807) is 0 Å². The molecule has 0 bridgehead atoms. The first-order valence-electron chi connectivity index (χ1n) is 27.4. The van der Waals surface area contributed by atoms with Gasteiger partial charge in [0.15, 0.2) is 0 Å². The van der Waals surface area contributed by atoms with E-state index in [0.717, 1.165) is 89.9 Å². The van der Waals surface area contributed by atoms with Crippen LogP contribution in [0.4, 0.5) is 0 Å². The third kappa shape index (κ3) is 61.9. The van der Waals surface area contributed by atoms with Gasteiger partial charge in [0.2, 0.25) is 10.4 Å². The van der Waals surface area contributed by atoms with E-state index in [1.807, 2.05) is 0 Å². The van der Waals surface area contributed by atoms with E-state index in [0.29, 0.717) is 25.7 Å². The summed E-state index contributed by atoms with van der Waals surface area (Å²) in [5.41, 5.74) is 0. The number of hydrogen-bond acceptors (Lipinski definition) is 16. The van der Waals surface area contributed by atoms with Crippen LogP contribution in [0.5, 0.6) is 0 Å². The van der Waals surface area contributed by atoms with Gasteiger partial charge in [0.05, 0.1) is 6.61 Å². The van der Waals surface area contributed by atoms with E-state index in [9.17, 15) is 38.2 Å². The molecule has 0 N–H and O–H groups in total. The van der Waals surface area contributed by atoms with Crippen molar-refractivity contribution in [3.8, 4) is 0 Å². The molecule has 0 saturated heterocycles. The molecule has 0 radical (unpaired) electrons. The predicted molar refractivity (Wildman–Crippen MR) is 277 cm³/mol. The number of unbranched alkanes of at least 4 members (excludes halogenated alkanes) is 36. The molecule has 0 aliphatic heterocycles.